The van der Waals surface area contributed by atoms with Crippen molar-refractivity contribution in [2.24, 2.45) is 11.0 Å². The lowest BCUT2D eigenvalue weighted by molar-refractivity contribution is -0.144. The number of amidine groups is 1. The molecule has 2 aliphatic rings. The summed E-state index contributed by atoms with van der Waals surface area (Å²) in [5.74, 6) is -0.517. The van der Waals surface area contributed by atoms with Crippen molar-refractivity contribution in [1.29, 1.82) is 0 Å². The molecule has 1 aromatic carbocycles. The van der Waals surface area contributed by atoms with E-state index in [4.69, 9.17) is 4.74 Å². The molecule has 1 amide bonds. The van der Waals surface area contributed by atoms with Crippen LogP contribution in [-0.2, 0) is 20.7 Å². The molecule has 1 aromatic heterocycles. The zero-order valence-corrected chi connectivity index (χ0v) is 22.8. The summed E-state index contributed by atoms with van der Waals surface area (Å²) in [6.07, 6.45) is 3.96. The first-order valence-electron chi connectivity index (χ1n) is 13.6. The van der Waals surface area contributed by atoms with E-state index < -0.39 is 0 Å². The predicted molar refractivity (Wildman–Crippen MR) is 147 cm³/mol. The van der Waals surface area contributed by atoms with E-state index in [9.17, 15) is 9.59 Å². The van der Waals surface area contributed by atoms with E-state index in [-0.39, 0.29) is 29.7 Å². The van der Waals surface area contributed by atoms with Crippen LogP contribution in [0.25, 0.3) is 16.6 Å². The molecule has 3 heterocycles. The number of amides is 1. The van der Waals surface area contributed by atoms with Gasteiger partial charge in [0, 0.05) is 30.8 Å². The van der Waals surface area contributed by atoms with Gasteiger partial charge in [-0.1, -0.05) is 32.0 Å². The molecule has 10 nitrogen and oxygen atoms in total. The average Bonchev–Trinajstić information content (AvgIpc) is 3.55. The fourth-order valence-electron chi connectivity index (χ4n) is 4.77. The molecular formula is C28H37FN7O3-. The molecule has 2 aromatic rings. The summed E-state index contributed by atoms with van der Waals surface area (Å²) in [6, 6.07) is 8.72. The van der Waals surface area contributed by atoms with Gasteiger partial charge in [-0.25, -0.2) is 9.93 Å². The number of hydrogen-bond acceptors (Lipinski definition) is 8. The van der Waals surface area contributed by atoms with Gasteiger partial charge in [0.2, 0.25) is 5.91 Å². The minimum Gasteiger partial charge on any atom is -0.460 e. The number of hydrazine groups is 1. The highest BCUT2D eigenvalue weighted by Gasteiger charge is 2.34. The summed E-state index contributed by atoms with van der Waals surface area (Å²) in [7, 11) is 0. The summed E-state index contributed by atoms with van der Waals surface area (Å²) < 4.78 is 20.4. The molecule has 1 saturated heterocycles. The van der Waals surface area contributed by atoms with Gasteiger partial charge >= 0.3 is 5.97 Å². The van der Waals surface area contributed by atoms with Crippen LogP contribution in [0.15, 0.2) is 41.6 Å². The van der Waals surface area contributed by atoms with Gasteiger partial charge < -0.3 is 30.6 Å². The Morgan fingerprint density at radius 2 is 2.10 bits per heavy atom. The molecule has 0 bridgehead atoms. The van der Waals surface area contributed by atoms with E-state index in [0.29, 0.717) is 48.5 Å². The van der Waals surface area contributed by atoms with Crippen molar-refractivity contribution in [3.8, 4) is 11.1 Å². The maximum Gasteiger partial charge on any atom is 0.309 e. The van der Waals surface area contributed by atoms with E-state index in [1.165, 1.54) is 13.0 Å². The SMILES string of the molecule is CCN(CC)CCCN1N=C(c2ccc(-c3ccc(CC[C@@H]4CC(CNC(C)=O)OC4=O)cc3F)cn2)[N-]N1. The summed E-state index contributed by atoms with van der Waals surface area (Å²) in [4.78, 5) is 30.1. The van der Waals surface area contributed by atoms with Gasteiger partial charge in [-0.15, -0.1) is 0 Å². The maximum atomic E-state index is 15.0. The van der Waals surface area contributed by atoms with E-state index in [1.807, 2.05) is 12.1 Å². The molecule has 2 aliphatic heterocycles. The Balaban J connectivity index is 1.29. The minimum absolute atomic E-state index is 0.155. The first-order valence-corrected chi connectivity index (χ1v) is 13.6. The van der Waals surface area contributed by atoms with Crippen molar-refractivity contribution >= 4 is 17.7 Å². The molecule has 0 aliphatic carbocycles. The highest BCUT2D eigenvalue weighted by molar-refractivity contribution is 6.06. The number of ether oxygens (including phenoxy) is 1. The topological polar surface area (TPSA) is 113 Å². The Morgan fingerprint density at radius 1 is 1.28 bits per heavy atom. The summed E-state index contributed by atoms with van der Waals surface area (Å²) in [5, 5.41) is 8.87. The number of aryl methyl sites for hydroxylation is 1. The quantitative estimate of drug-likeness (QED) is 0.376. The Bertz CT molecular complexity index is 1170. The Morgan fingerprint density at radius 3 is 2.79 bits per heavy atom. The van der Waals surface area contributed by atoms with Crippen molar-refractivity contribution in [2.45, 2.75) is 52.6 Å². The van der Waals surface area contributed by atoms with Crippen LogP contribution in [0.2, 0.25) is 0 Å². The number of carbonyl (C=O) groups excluding carboxylic acids is 2. The zero-order valence-electron chi connectivity index (χ0n) is 22.8. The molecule has 11 heteroatoms. The number of halogens is 1. The second kappa shape index (κ2) is 13.5. The molecule has 2 N–H and O–H groups in total. The van der Waals surface area contributed by atoms with Gasteiger partial charge in [-0.3, -0.25) is 14.6 Å². The third kappa shape index (κ3) is 7.73. The molecular weight excluding hydrogens is 501 g/mol. The largest absolute Gasteiger partial charge is 0.460 e. The van der Waals surface area contributed by atoms with Crippen molar-refractivity contribution in [3.63, 3.8) is 0 Å². The van der Waals surface area contributed by atoms with Gasteiger partial charge in [0.25, 0.3) is 0 Å². The first kappa shape index (κ1) is 28.4. The molecule has 0 saturated carbocycles. The summed E-state index contributed by atoms with van der Waals surface area (Å²) in [5.41, 5.74) is 9.71. The maximum absolute atomic E-state index is 15.0. The molecule has 4 rings (SSSR count). The Labute approximate surface area is 228 Å². The third-order valence-electron chi connectivity index (χ3n) is 7.09. The number of carbonyl (C=O) groups is 2. The van der Waals surface area contributed by atoms with E-state index in [2.05, 4.69) is 45.1 Å². The van der Waals surface area contributed by atoms with Crippen molar-refractivity contribution in [1.82, 2.24) is 25.9 Å². The van der Waals surface area contributed by atoms with E-state index in [1.54, 1.807) is 23.4 Å². The highest BCUT2D eigenvalue weighted by Crippen LogP contribution is 2.28. The highest BCUT2D eigenvalue weighted by atomic mass is 19.1. The van der Waals surface area contributed by atoms with Crippen LogP contribution in [0.5, 0.6) is 0 Å². The number of benzene rings is 1. The smallest absolute Gasteiger partial charge is 0.309 e. The second-order valence-corrected chi connectivity index (χ2v) is 9.85. The van der Waals surface area contributed by atoms with Crippen LogP contribution < -0.4 is 10.9 Å². The number of aromatic nitrogens is 1. The van der Waals surface area contributed by atoms with Crippen LogP contribution in [0.3, 0.4) is 0 Å². The molecule has 1 fully saturated rings. The molecule has 1 unspecified atom stereocenters. The third-order valence-corrected chi connectivity index (χ3v) is 7.09. The molecule has 2 atom stereocenters. The normalized spacial score (nSPS) is 18.7. The van der Waals surface area contributed by atoms with Crippen LogP contribution in [0.4, 0.5) is 4.39 Å². The van der Waals surface area contributed by atoms with Gasteiger partial charge in [0.15, 0.2) is 0 Å². The number of hydrogen-bond donors (Lipinski definition) is 2. The van der Waals surface area contributed by atoms with Crippen molar-refractivity contribution < 1.29 is 18.7 Å². The number of esters is 1. The second-order valence-electron chi connectivity index (χ2n) is 9.85. The number of cyclic esters (lactones) is 1. The van der Waals surface area contributed by atoms with E-state index in [0.717, 1.165) is 38.2 Å². The fraction of sp³-hybridized carbons (Fsp3) is 0.500. The molecule has 210 valence electrons. The minimum atomic E-state index is -0.344. The van der Waals surface area contributed by atoms with Crippen LogP contribution in [0.1, 0.15) is 51.3 Å². The number of nitrogens with zero attached hydrogens (tertiary/aromatic N) is 5. The number of nitrogens with one attached hydrogen (secondary N) is 2. The van der Waals surface area contributed by atoms with Gasteiger partial charge in [0.05, 0.1) is 18.2 Å². The predicted octanol–water partition coefficient (Wildman–Crippen LogP) is 3.39. The van der Waals surface area contributed by atoms with Crippen molar-refractivity contribution in [2.75, 3.05) is 32.7 Å². The lowest BCUT2D eigenvalue weighted by atomic mass is 9.95. The van der Waals surface area contributed by atoms with Gasteiger partial charge in [-0.2, -0.15) is 0 Å². The number of pyridine rings is 1. The van der Waals surface area contributed by atoms with E-state index >= 15 is 4.39 Å². The van der Waals surface area contributed by atoms with Crippen molar-refractivity contribution in [3.05, 3.63) is 59.0 Å². The van der Waals surface area contributed by atoms with Gasteiger partial charge in [-0.05, 0) is 68.8 Å². The lowest BCUT2D eigenvalue weighted by Gasteiger charge is -2.23. The molecule has 39 heavy (non-hydrogen) atoms. The zero-order chi connectivity index (χ0) is 27.8. The monoisotopic (exact) mass is 538 g/mol. The molecule has 0 spiro atoms. The standard InChI is InChI=1S/C28H38FN7O3/c1-4-35(5-2)13-6-14-36-33-27(32-34-36)26-12-10-22(17-31-26)24-11-8-20(15-25(24)29)7-9-21-16-23(39-28(21)38)18-30-19(3)37/h8,10-12,15,17,21,23H,4-7,9,13-14,16,18H2,1-3H3,(H3,30,31,32,33,34,37)/p-1/t21-,23?/m1/s1. The Kier molecular flexibility index (Phi) is 9.83. The van der Waals surface area contributed by atoms with Crippen LogP contribution in [0, 0.1) is 11.7 Å². The fourth-order valence-corrected chi connectivity index (χ4v) is 4.77. The lowest BCUT2D eigenvalue weighted by Crippen LogP contribution is -2.30. The number of hydrazone groups is 1. The average molecular weight is 539 g/mol. The number of rotatable bonds is 13. The first-order chi connectivity index (χ1) is 18.9. The summed E-state index contributed by atoms with van der Waals surface area (Å²) >= 11 is 0. The molecule has 0 radical (unpaired) electrons. The van der Waals surface area contributed by atoms with Gasteiger partial charge in [0.1, 0.15) is 11.9 Å². The van der Waals surface area contributed by atoms with Crippen LogP contribution in [-0.4, -0.2) is 71.5 Å². The Hall–Kier alpha value is -3.57. The summed E-state index contributed by atoms with van der Waals surface area (Å²) in [6.45, 7) is 9.85. The van der Waals surface area contributed by atoms with Crippen LogP contribution >= 0.6 is 0 Å².